The lowest BCUT2D eigenvalue weighted by Gasteiger charge is -2.27. The fourth-order valence-corrected chi connectivity index (χ4v) is 2.92. The number of carbonyl (C=O) groups excluding carboxylic acids is 1. The normalized spacial score (nSPS) is 13.0. The SMILES string of the molecule is CON(C(=O)c1cn(C)nc1C(F)(F)F)C(C)c1ccc(Cl)cc1Cl. The van der Waals surface area contributed by atoms with Crippen LogP contribution in [0.3, 0.4) is 0 Å². The highest BCUT2D eigenvalue weighted by molar-refractivity contribution is 6.35. The van der Waals surface area contributed by atoms with Crippen LogP contribution in [0.2, 0.25) is 10.0 Å². The van der Waals surface area contributed by atoms with E-state index in [4.69, 9.17) is 28.0 Å². The van der Waals surface area contributed by atoms with Crippen LogP contribution >= 0.6 is 23.2 Å². The van der Waals surface area contributed by atoms with Gasteiger partial charge in [0.15, 0.2) is 5.69 Å². The van der Waals surface area contributed by atoms with Gasteiger partial charge in [-0.05, 0) is 24.6 Å². The van der Waals surface area contributed by atoms with Gasteiger partial charge >= 0.3 is 6.18 Å². The first kappa shape index (κ1) is 19.6. The van der Waals surface area contributed by atoms with Crippen LogP contribution in [-0.2, 0) is 18.1 Å². The highest BCUT2D eigenvalue weighted by Gasteiger charge is 2.41. The number of alkyl halides is 3. The molecular weight excluding hydrogens is 382 g/mol. The van der Waals surface area contributed by atoms with E-state index in [1.807, 2.05) is 0 Å². The zero-order valence-corrected chi connectivity index (χ0v) is 14.9. The van der Waals surface area contributed by atoms with Crippen molar-refractivity contribution < 1.29 is 22.8 Å². The Morgan fingerprint density at radius 3 is 2.52 bits per heavy atom. The lowest BCUT2D eigenvalue weighted by Crippen LogP contribution is -2.33. The second-order valence-electron chi connectivity index (χ2n) is 5.22. The van der Waals surface area contributed by atoms with Crippen molar-refractivity contribution in [2.24, 2.45) is 7.05 Å². The molecule has 0 fully saturated rings. The van der Waals surface area contributed by atoms with E-state index in [1.165, 1.54) is 20.2 Å². The molecule has 1 heterocycles. The van der Waals surface area contributed by atoms with Crippen molar-refractivity contribution >= 4 is 29.1 Å². The maximum atomic E-state index is 13.1. The smallest absolute Gasteiger partial charge is 0.274 e. The molecule has 0 saturated heterocycles. The molecule has 1 unspecified atom stereocenters. The van der Waals surface area contributed by atoms with Crippen molar-refractivity contribution in [1.82, 2.24) is 14.8 Å². The van der Waals surface area contributed by atoms with E-state index < -0.39 is 29.4 Å². The molecule has 1 aromatic heterocycles. The Labute approximate surface area is 151 Å². The molecule has 0 saturated carbocycles. The molecule has 10 heteroatoms. The predicted molar refractivity (Wildman–Crippen MR) is 86.3 cm³/mol. The molecule has 25 heavy (non-hydrogen) atoms. The van der Waals surface area contributed by atoms with E-state index in [-0.39, 0.29) is 5.02 Å². The summed E-state index contributed by atoms with van der Waals surface area (Å²) < 4.78 is 40.2. The van der Waals surface area contributed by atoms with Crippen LogP contribution in [0.15, 0.2) is 24.4 Å². The minimum absolute atomic E-state index is 0.261. The quantitative estimate of drug-likeness (QED) is 0.715. The largest absolute Gasteiger partial charge is 0.435 e. The summed E-state index contributed by atoms with van der Waals surface area (Å²) in [5.74, 6) is -0.985. The van der Waals surface area contributed by atoms with Gasteiger partial charge in [0.2, 0.25) is 0 Å². The molecule has 2 aromatic rings. The van der Waals surface area contributed by atoms with Crippen molar-refractivity contribution in [1.29, 1.82) is 0 Å². The molecule has 0 aliphatic rings. The van der Waals surface area contributed by atoms with Crippen LogP contribution in [-0.4, -0.2) is 27.9 Å². The first-order valence-corrected chi connectivity index (χ1v) is 7.75. The third-order valence-corrected chi connectivity index (χ3v) is 4.05. The molecule has 0 bridgehead atoms. The number of aromatic nitrogens is 2. The Kier molecular flexibility index (Phi) is 5.65. The summed E-state index contributed by atoms with van der Waals surface area (Å²) in [5, 5.41) is 4.79. The number of amides is 1. The van der Waals surface area contributed by atoms with E-state index in [0.717, 1.165) is 15.9 Å². The second kappa shape index (κ2) is 7.23. The summed E-state index contributed by atoms with van der Waals surface area (Å²) in [6, 6.07) is 3.84. The van der Waals surface area contributed by atoms with Crippen molar-refractivity contribution in [2.75, 3.05) is 7.11 Å². The number of hydroxylamine groups is 2. The number of hydrogen-bond donors (Lipinski definition) is 0. The Morgan fingerprint density at radius 1 is 1.36 bits per heavy atom. The van der Waals surface area contributed by atoms with E-state index in [1.54, 1.807) is 19.1 Å². The van der Waals surface area contributed by atoms with Crippen LogP contribution in [0, 0.1) is 0 Å². The summed E-state index contributed by atoms with van der Waals surface area (Å²) >= 11 is 11.9. The summed E-state index contributed by atoms with van der Waals surface area (Å²) in [7, 11) is 2.48. The Hall–Kier alpha value is -1.77. The highest BCUT2D eigenvalue weighted by Crippen LogP contribution is 2.34. The number of benzene rings is 1. The topological polar surface area (TPSA) is 47.4 Å². The van der Waals surface area contributed by atoms with E-state index in [9.17, 15) is 18.0 Å². The van der Waals surface area contributed by atoms with Gasteiger partial charge in [-0.2, -0.15) is 18.3 Å². The van der Waals surface area contributed by atoms with Crippen molar-refractivity contribution in [3.8, 4) is 0 Å². The molecule has 5 nitrogen and oxygen atoms in total. The van der Waals surface area contributed by atoms with Gasteiger partial charge in [-0.15, -0.1) is 0 Å². The minimum atomic E-state index is -4.77. The Bertz CT molecular complexity index is 793. The third-order valence-electron chi connectivity index (χ3n) is 3.49. The van der Waals surface area contributed by atoms with Gasteiger partial charge in [-0.25, -0.2) is 5.06 Å². The predicted octanol–water partition coefficient (Wildman–Crippen LogP) is 4.51. The van der Waals surface area contributed by atoms with E-state index in [0.29, 0.717) is 10.6 Å². The van der Waals surface area contributed by atoms with Gasteiger partial charge in [-0.1, -0.05) is 29.3 Å². The summed E-state index contributed by atoms with van der Waals surface area (Å²) in [5.41, 5.74) is -1.43. The minimum Gasteiger partial charge on any atom is -0.274 e. The lowest BCUT2D eigenvalue weighted by atomic mass is 10.1. The molecule has 0 spiro atoms. The first-order chi connectivity index (χ1) is 11.6. The fourth-order valence-electron chi connectivity index (χ4n) is 2.36. The number of hydrogen-bond acceptors (Lipinski definition) is 3. The maximum absolute atomic E-state index is 13.1. The zero-order valence-electron chi connectivity index (χ0n) is 13.4. The number of rotatable bonds is 4. The van der Waals surface area contributed by atoms with Gasteiger partial charge in [0, 0.05) is 23.3 Å². The number of halogens is 5. The highest BCUT2D eigenvalue weighted by atomic mass is 35.5. The molecule has 136 valence electrons. The molecule has 0 N–H and O–H groups in total. The van der Waals surface area contributed by atoms with Crippen molar-refractivity contribution in [3.63, 3.8) is 0 Å². The first-order valence-electron chi connectivity index (χ1n) is 6.99. The molecule has 1 aromatic carbocycles. The van der Waals surface area contributed by atoms with Gasteiger partial charge in [0.05, 0.1) is 18.7 Å². The molecule has 0 aliphatic heterocycles. The molecular formula is C15H14Cl2F3N3O2. The number of aryl methyl sites for hydroxylation is 1. The van der Waals surface area contributed by atoms with Gasteiger partial charge in [0.25, 0.3) is 5.91 Å². The second-order valence-corrected chi connectivity index (χ2v) is 6.06. The van der Waals surface area contributed by atoms with Gasteiger partial charge in [-0.3, -0.25) is 14.3 Å². The zero-order chi connectivity index (χ0) is 18.9. The lowest BCUT2D eigenvalue weighted by molar-refractivity contribution is -0.143. The number of nitrogens with zero attached hydrogens (tertiary/aromatic N) is 3. The summed E-state index contributed by atoms with van der Waals surface area (Å²) in [4.78, 5) is 17.7. The Balaban J connectivity index is 2.42. The maximum Gasteiger partial charge on any atom is 0.435 e. The van der Waals surface area contributed by atoms with Crippen LogP contribution < -0.4 is 0 Å². The monoisotopic (exact) mass is 395 g/mol. The fraction of sp³-hybridized carbons (Fsp3) is 0.333. The van der Waals surface area contributed by atoms with Crippen LogP contribution in [0.1, 0.15) is 34.6 Å². The number of carbonyl (C=O) groups is 1. The third kappa shape index (κ3) is 4.08. The summed E-state index contributed by atoms with van der Waals surface area (Å²) in [6.07, 6.45) is -3.78. The van der Waals surface area contributed by atoms with Gasteiger partial charge in [0.1, 0.15) is 0 Å². The van der Waals surface area contributed by atoms with Gasteiger partial charge < -0.3 is 0 Å². The standard InChI is InChI=1S/C15H14Cl2F3N3O2/c1-8(10-5-4-9(16)6-12(10)17)23(25-3)14(24)11-7-22(2)21-13(11)15(18,19)20/h4-8H,1-3H3. The van der Waals surface area contributed by atoms with E-state index in [2.05, 4.69) is 5.10 Å². The van der Waals surface area contributed by atoms with Crippen molar-refractivity contribution in [3.05, 3.63) is 51.3 Å². The van der Waals surface area contributed by atoms with Crippen molar-refractivity contribution in [2.45, 2.75) is 19.1 Å². The molecule has 2 rings (SSSR count). The molecule has 1 atom stereocenters. The average molecular weight is 396 g/mol. The van der Waals surface area contributed by atoms with Crippen LogP contribution in [0.4, 0.5) is 13.2 Å². The van der Waals surface area contributed by atoms with Crippen LogP contribution in [0.5, 0.6) is 0 Å². The molecule has 0 radical (unpaired) electrons. The van der Waals surface area contributed by atoms with E-state index >= 15 is 0 Å². The average Bonchev–Trinajstić information content (AvgIpc) is 2.90. The molecule has 0 aliphatic carbocycles. The Morgan fingerprint density at radius 2 is 2.00 bits per heavy atom. The van der Waals surface area contributed by atoms with Crippen LogP contribution in [0.25, 0.3) is 0 Å². The summed E-state index contributed by atoms with van der Waals surface area (Å²) in [6.45, 7) is 1.57. The molecule has 1 amide bonds.